The van der Waals surface area contributed by atoms with Gasteiger partial charge in [-0.1, -0.05) is 59.1 Å². The predicted molar refractivity (Wildman–Crippen MR) is 124 cm³/mol. The maximum atomic E-state index is 12.9. The van der Waals surface area contributed by atoms with E-state index in [0.29, 0.717) is 10.0 Å². The van der Waals surface area contributed by atoms with E-state index in [4.69, 9.17) is 23.2 Å². The van der Waals surface area contributed by atoms with Crippen LogP contribution in [0.15, 0.2) is 54.2 Å². The van der Waals surface area contributed by atoms with Crippen LogP contribution in [0.3, 0.4) is 0 Å². The normalized spacial score (nSPS) is 15.1. The summed E-state index contributed by atoms with van der Waals surface area (Å²) in [5.74, 6) is -0.350. The second-order valence-electron chi connectivity index (χ2n) is 7.60. The molecule has 0 bridgehead atoms. The van der Waals surface area contributed by atoms with Gasteiger partial charge < -0.3 is 9.88 Å². The van der Waals surface area contributed by atoms with Gasteiger partial charge in [0.2, 0.25) is 0 Å². The highest BCUT2D eigenvalue weighted by Crippen LogP contribution is 2.32. The van der Waals surface area contributed by atoms with Gasteiger partial charge in [0.15, 0.2) is 0 Å². The predicted octanol–water partition coefficient (Wildman–Crippen LogP) is 5.80. The lowest BCUT2D eigenvalue weighted by molar-refractivity contribution is -0.123. The van der Waals surface area contributed by atoms with E-state index in [0.717, 1.165) is 33.8 Å². The molecule has 1 saturated heterocycles. The van der Waals surface area contributed by atoms with Crippen LogP contribution in [0.1, 0.15) is 28.1 Å². The molecular weight excluding hydrogens is 433 g/mol. The Morgan fingerprint density at radius 2 is 1.74 bits per heavy atom. The molecule has 1 aliphatic heterocycles. The number of carbonyl (C=O) groups is 2. The van der Waals surface area contributed by atoms with Crippen LogP contribution in [0.2, 0.25) is 10.0 Å². The average Bonchev–Trinajstić information content (AvgIpc) is 3.14. The molecule has 0 saturated carbocycles. The Morgan fingerprint density at radius 1 is 1.00 bits per heavy atom. The van der Waals surface area contributed by atoms with Crippen molar-refractivity contribution in [3.05, 3.63) is 92.4 Å². The van der Waals surface area contributed by atoms with Gasteiger partial charge in [-0.05, 0) is 56.2 Å². The van der Waals surface area contributed by atoms with Crippen molar-refractivity contribution < 1.29 is 9.59 Å². The van der Waals surface area contributed by atoms with Gasteiger partial charge >= 0.3 is 6.03 Å². The van der Waals surface area contributed by atoms with Crippen LogP contribution in [0, 0.1) is 20.8 Å². The van der Waals surface area contributed by atoms with E-state index in [2.05, 4.69) is 5.32 Å². The number of carbonyl (C=O) groups excluding carboxylic acids is 2. The summed E-state index contributed by atoms with van der Waals surface area (Å²) >= 11 is 12.6. The third-order valence-corrected chi connectivity index (χ3v) is 6.14. The highest BCUT2D eigenvalue weighted by Gasteiger charge is 2.33. The molecule has 31 heavy (non-hydrogen) atoms. The zero-order chi connectivity index (χ0) is 22.3. The fraction of sp³-hybridized carbons (Fsp3) is 0.167. The van der Waals surface area contributed by atoms with Crippen molar-refractivity contribution in [2.45, 2.75) is 27.3 Å². The average molecular weight is 454 g/mol. The summed E-state index contributed by atoms with van der Waals surface area (Å²) in [7, 11) is 0. The summed E-state index contributed by atoms with van der Waals surface area (Å²) in [6.07, 6.45) is 1.70. The molecule has 4 rings (SSSR count). The number of rotatable bonds is 4. The van der Waals surface area contributed by atoms with Gasteiger partial charge in [0.1, 0.15) is 5.70 Å². The number of hydrogen-bond acceptors (Lipinski definition) is 2. The van der Waals surface area contributed by atoms with Gasteiger partial charge in [-0.25, -0.2) is 4.79 Å². The monoisotopic (exact) mass is 453 g/mol. The van der Waals surface area contributed by atoms with E-state index in [1.807, 2.05) is 67.8 Å². The molecule has 0 radical (unpaired) electrons. The van der Waals surface area contributed by atoms with Gasteiger partial charge in [0.25, 0.3) is 5.91 Å². The zero-order valence-corrected chi connectivity index (χ0v) is 18.9. The third-order valence-electron chi connectivity index (χ3n) is 5.33. The summed E-state index contributed by atoms with van der Waals surface area (Å²) in [6.45, 7) is 6.08. The molecule has 3 aromatic rings. The van der Waals surface area contributed by atoms with Crippen LogP contribution in [-0.2, 0) is 11.3 Å². The quantitative estimate of drug-likeness (QED) is 0.400. The van der Waals surface area contributed by atoms with Crippen molar-refractivity contribution in [3.63, 3.8) is 0 Å². The molecule has 158 valence electrons. The lowest BCUT2D eigenvalue weighted by Gasteiger charge is -2.12. The number of aryl methyl sites for hydroxylation is 2. The van der Waals surface area contributed by atoms with Crippen molar-refractivity contribution in [2.24, 2.45) is 0 Å². The Balaban J connectivity index is 1.66. The fourth-order valence-corrected chi connectivity index (χ4v) is 4.21. The Hall–Kier alpha value is -3.02. The number of nitrogens with zero attached hydrogens (tertiary/aromatic N) is 2. The number of urea groups is 1. The Bertz CT molecular complexity index is 1240. The molecule has 5 nitrogen and oxygen atoms in total. The van der Waals surface area contributed by atoms with E-state index in [9.17, 15) is 9.59 Å². The topological polar surface area (TPSA) is 54.3 Å². The van der Waals surface area contributed by atoms with E-state index in [-0.39, 0.29) is 18.1 Å². The Labute approximate surface area is 190 Å². The molecule has 0 unspecified atom stereocenters. The molecule has 2 heterocycles. The Morgan fingerprint density at radius 3 is 2.48 bits per heavy atom. The van der Waals surface area contributed by atoms with Crippen molar-refractivity contribution in [3.8, 4) is 5.69 Å². The standard InChI is InChI=1S/C24H21Cl2N3O2/c1-14-6-4-7-17(10-14)13-28-23(30)20(27-24(28)31)12-18-11-15(2)29(16(18)3)21-9-5-8-19(25)22(21)26/h4-12H,13H2,1-3H3,(H,27,31)/b20-12+. The van der Waals surface area contributed by atoms with E-state index < -0.39 is 6.03 Å². The minimum absolute atomic E-state index is 0.223. The molecule has 3 amide bonds. The third kappa shape index (κ3) is 3.99. The molecular formula is C24H21Cl2N3O2. The van der Waals surface area contributed by atoms with Crippen LogP contribution in [-0.4, -0.2) is 21.4 Å². The summed E-state index contributed by atoms with van der Waals surface area (Å²) < 4.78 is 1.98. The molecule has 7 heteroatoms. The summed E-state index contributed by atoms with van der Waals surface area (Å²) in [4.78, 5) is 26.6. The van der Waals surface area contributed by atoms with Crippen LogP contribution in [0.5, 0.6) is 0 Å². The highest BCUT2D eigenvalue weighted by molar-refractivity contribution is 6.43. The molecule has 1 fully saturated rings. The number of imide groups is 1. The largest absolute Gasteiger partial charge is 0.329 e. The molecule has 1 aliphatic rings. The van der Waals surface area contributed by atoms with E-state index >= 15 is 0 Å². The number of hydrogen-bond donors (Lipinski definition) is 1. The lowest BCUT2D eigenvalue weighted by Crippen LogP contribution is -2.30. The fourth-order valence-electron chi connectivity index (χ4n) is 3.83. The Kier molecular flexibility index (Phi) is 5.65. The second-order valence-corrected chi connectivity index (χ2v) is 8.39. The van der Waals surface area contributed by atoms with Gasteiger partial charge in [-0.3, -0.25) is 9.69 Å². The molecule has 2 aromatic carbocycles. The first-order chi connectivity index (χ1) is 14.8. The first kappa shape index (κ1) is 21.2. The van der Waals surface area contributed by atoms with Crippen molar-refractivity contribution in [1.29, 1.82) is 0 Å². The molecule has 0 atom stereocenters. The molecule has 1 N–H and O–H groups in total. The van der Waals surface area contributed by atoms with Crippen molar-refractivity contribution in [1.82, 2.24) is 14.8 Å². The number of benzene rings is 2. The maximum Gasteiger partial charge on any atom is 0.329 e. The van der Waals surface area contributed by atoms with Gasteiger partial charge in [0, 0.05) is 11.4 Å². The number of halogens is 2. The van der Waals surface area contributed by atoms with Gasteiger partial charge in [-0.2, -0.15) is 0 Å². The smallest absolute Gasteiger partial charge is 0.316 e. The SMILES string of the molecule is Cc1cccc(CN2C(=O)N/C(=C/c3cc(C)n(-c4cccc(Cl)c4Cl)c3C)C2=O)c1. The lowest BCUT2D eigenvalue weighted by atomic mass is 10.1. The summed E-state index contributed by atoms with van der Waals surface area (Å²) in [6, 6.07) is 14.7. The number of nitrogens with one attached hydrogen (secondary N) is 1. The number of aromatic nitrogens is 1. The van der Waals surface area contributed by atoms with Crippen LogP contribution < -0.4 is 5.32 Å². The molecule has 0 aliphatic carbocycles. The number of amides is 3. The first-order valence-electron chi connectivity index (χ1n) is 9.79. The van der Waals surface area contributed by atoms with Gasteiger partial charge in [-0.15, -0.1) is 0 Å². The molecule has 1 aromatic heterocycles. The summed E-state index contributed by atoms with van der Waals surface area (Å²) in [5.41, 5.74) is 5.61. The summed E-state index contributed by atoms with van der Waals surface area (Å²) in [5, 5.41) is 3.62. The van der Waals surface area contributed by atoms with E-state index in [1.165, 1.54) is 4.90 Å². The van der Waals surface area contributed by atoms with Crippen LogP contribution >= 0.6 is 23.2 Å². The van der Waals surface area contributed by atoms with Gasteiger partial charge in [0.05, 0.1) is 22.3 Å². The minimum atomic E-state index is -0.426. The minimum Gasteiger partial charge on any atom is -0.316 e. The van der Waals surface area contributed by atoms with Crippen LogP contribution in [0.25, 0.3) is 11.8 Å². The highest BCUT2D eigenvalue weighted by atomic mass is 35.5. The van der Waals surface area contributed by atoms with Crippen molar-refractivity contribution in [2.75, 3.05) is 0 Å². The maximum absolute atomic E-state index is 12.9. The molecule has 0 spiro atoms. The second kappa shape index (κ2) is 8.25. The van der Waals surface area contributed by atoms with Crippen molar-refractivity contribution >= 4 is 41.2 Å². The zero-order valence-electron chi connectivity index (χ0n) is 17.4. The van der Waals surface area contributed by atoms with Crippen LogP contribution in [0.4, 0.5) is 4.79 Å². The first-order valence-corrected chi connectivity index (χ1v) is 10.6. The van der Waals surface area contributed by atoms with E-state index in [1.54, 1.807) is 12.1 Å².